The van der Waals surface area contributed by atoms with Crippen LogP contribution in [0.2, 0.25) is 0 Å². The van der Waals surface area contributed by atoms with Crippen molar-refractivity contribution in [3.63, 3.8) is 0 Å². The molecule has 7 aromatic rings. The molecule has 2 aliphatic heterocycles. The number of hydrogen-bond acceptors (Lipinski definition) is 3. The van der Waals surface area contributed by atoms with Crippen LogP contribution in [0.5, 0.6) is 0 Å². The van der Waals surface area contributed by atoms with Crippen LogP contribution < -0.4 is 0 Å². The lowest BCUT2D eigenvalue weighted by molar-refractivity contribution is 0.282. The van der Waals surface area contributed by atoms with Gasteiger partial charge in [0.2, 0.25) is 0 Å². The van der Waals surface area contributed by atoms with Gasteiger partial charge in [-0.3, -0.25) is 0 Å². The first kappa shape index (κ1) is 52.3. The summed E-state index contributed by atoms with van der Waals surface area (Å²) in [6.07, 6.45) is 8.69. The van der Waals surface area contributed by atoms with Gasteiger partial charge in [-0.05, 0) is 142 Å². The standard InChI is InChI=1S/C69H80N4O/c1-64(2,3)46-31-43(32-47(37-46)65(4,5)6)61-54-25-23-52(70-54)60(42-21-19-41(40-74)20-22-42)53-24-26-55(71-53)62(44-33-48(66(7,8)9)38-49(34-44)67(10,11)12)57-28-30-59(73-57)63(58-29-27-56(61)72-58)45-35-50(68(13,14)15)39-51(36-45)69(16,17)18/h19-39,72-74H,40H2,1-18H3. The van der Waals surface area contributed by atoms with E-state index in [9.17, 15) is 5.11 Å². The topological polar surface area (TPSA) is 77.6 Å². The fourth-order valence-electron chi connectivity index (χ4n) is 10.1. The van der Waals surface area contributed by atoms with E-state index in [2.05, 4.69) is 250 Å². The van der Waals surface area contributed by atoms with Crippen molar-refractivity contribution in [3.05, 3.63) is 165 Å². The summed E-state index contributed by atoms with van der Waals surface area (Å²) in [6, 6.07) is 38.7. The molecule has 0 spiro atoms. The molecule has 0 unspecified atom stereocenters. The lowest BCUT2D eigenvalue weighted by Crippen LogP contribution is -2.16. The van der Waals surface area contributed by atoms with E-state index in [-0.39, 0.29) is 39.1 Å². The summed E-state index contributed by atoms with van der Waals surface area (Å²) in [4.78, 5) is 19.5. The third kappa shape index (κ3) is 10.4. The van der Waals surface area contributed by atoms with Gasteiger partial charge in [-0.15, -0.1) is 0 Å². The summed E-state index contributed by atoms with van der Waals surface area (Å²) in [5, 5.41) is 10.2. The van der Waals surface area contributed by atoms with E-state index < -0.39 is 0 Å². The predicted molar refractivity (Wildman–Crippen MR) is 319 cm³/mol. The highest BCUT2D eigenvalue weighted by atomic mass is 16.3. The zero-order valence-corrected chi connectivity index (χ0v) is 47.7. The maximum Gasteiger partial charge on any atom is 0.0738 e. The van der Waals surface area contributed by atoms with Gasteiger partial charge in [-0.1, -0.05) is 203 Å². The monoisotopic (exact) mass is 981 g/mol. The summed E-state index contributed by atoms with van der Waals surface area (Å²) < 4.78 is 0. The van der Waals surface area contributed by atoms with Gasteiger partial charge in [0.25, 0.3) is 0 Å². The van der Waals surface area contributed by atoms with Gasteiger partial charge in [0, 0.05) is 44.3 Å². The minimum absolute atomic E-state index is 0.0344. The SMILES string of the molecule is CC(C)(C)c1cc(-c2c3nc(c(-c4ccc(CO)cc4)c4nc(c(-c5cc(C(C)(C)C)cc(C(C)(C)C)c5)c5ccc([nH]5)c(-c5cc(C(C)(C)C)cc(C(C)(C)C)c5)c5ccc2[nH]5)C=C4)C=C3)cc(C(C)(C)C)c1. The summed E-state index contributed by atoms with van der Waals surface area (Å²) in [6.45, 7) is 41.5. The molecule has 0 atom stereocenters. The molecule has 9 rings (SSSR count). The molecule has 0 radical (unpaired) electrons. The molecule has 0 saturated carbocycles. The van der Waals surface area contributed by atoms with E-state index in [1.54, 1.807) is 0 Å². The first-order chi connectivity index (χ1) is 34.4. The number of aromatic amines is 2. The Labute approximate surface area is 442 Å². The van der Waals surface area contributed by atoms with Gasteiger partial charge in [0.05, 0.1) is 29.4 Å². The second-order valence-corrected chi connectivity index (χ2v) is 27.3. The Morgan fingerprint density at radius 3 is 0.838 bits per heavy atom. The average Bonchev–Trinajstić information content (AvgIpc) is 4.16. The van der Waals surface area contributed by atoms with E-state index >= 15 is 0 Å². The molecular weight excluding hydrogens is 901 g/mol. The van der Waals surface area contributed by atoms with Crippen LogP contribution in [0.3, 0.4) is 0 Å². The van der Waals surface area contributed by atoms with Crippen molar-refractivity contribution in [2.24, 2.45) is 0 Å². The molecule has 2 aliphatic rings. The maximum absolute atomic E-state index is 10.2. The summed E-state index contributed by atoms with van der Waals surface area (Å²) >= 11 is 0. The number of aliphatic hydroxyl groups excluding tert-OH is 1. The summed E-state index contributed by atoms with van der Waals surface area (Å²) in [7, 11) is 0. The van der Waals surface area contributed by atoms with Crippen LogP contribution in [-0.4, -0.2) is 25.0 Å². The van der Waals surface area contributed by atoms with Gasteiger partial charge in [-0.2, -0.15) is 0 Å². The van der Waals surface area contributed by atoms with E-state index in [0.29, 0.717) is 0 Å². The van der Waals surface area contributed by atoms with Gasteiger partial charge in [0.1, 0.15) is 0 Å². The van der Waals surface area contributed by atoms with E-state index in [1.807, 2.05) is 12.1 Å². The van der Waals surface area contributed by atoms with Crippen LogP contribution in [-0.2, 0) is 39.1 Å². The Kier molecular flexibility index (Phi) is 13.0. The Morgan fingerprint density at radius 1 is 0.311 bits per heavy atom. The average molecular weight is 981 g/mol. The largest absolute Gasteiger partial charge is 0.392 e. The first-order valence-electron chi connectivity index (χ1n) is 26.7. The van der Waals surface area contributed by atoms with Crippen molar-refractivity contribution in [3.8, 4) is 44.5 Å². The molecule has 4 aromatic carbocycles. The second kappa shape index (κ2) is 18.4. The zero-order chi connectivity index (χ0) is 53.7. The lowest BCUT2D eigenvalue weighted by atomic mass is 9.78. The molecule has 0 saturated heterocycles. The number of benzene rings is 4. The van der Waals surface area contributed by atoms with E-state index in [4.69, 9.17) is 9.97 Å². The molecule has 5 heterocycles. The van der Waals surface area contributed by atoms with Crippen molar-refractivity contribution in [2.75, 3.05) is 0 Å². The number of nitrogens with one attached hydrogen (secondary N) is 2. The number of hydrogen-bond donors (Lipinski definition) is 3. The molecule has 3 N–H and O–H groups in total. The number of rotatable bonds is 5. The number of aliphatic hydroxyl groups is 1. The van der Waals surface area contributed by atoms with Crippen LogP contribution in [0.1, 0.15) is 186 Å². The van der Waals surface area contributed by atoms with Crippen LogP contribution in [0, 0.1) is 0 Å². The normalized spacial score (nSPS) is 13.6. The molecular formula is C69H80N4O. The van der Waals surface area contributed by atoms with Gasteiger partial charge >= 0.3 is 0 Å². The fraction of sp³-hybridized carbons (Fsp3) is 0.362. The predicted octanol–water partition coefficient (Wildman–Crippen LogP) is 18.6. The highest BCUT2D eigenvalue weighted by Gasteiger charge is 2.28. The lowest BCUT2D eigenvalue weighted by Gasteiger charge is -2.26. The third-order valence-corrected chi connectivity index (χ3v) is 15.0. The minimum Gasteiger partial charge on any atom is -0.392 e. The Hall–Kier alpha value is -6.56. The van der Waals surface area contributed by atoms with Crippen molar-refractivity contribution in [1.29, 1.82) is 0 Å². The van der Waals surface area contributed by atoms with Gasteiger partial charge in [-0.25, -0.2) is 9.97 Å². The molecule has 8 bridgehead atoms. The molecule has 382 valence electrons. The van der Waals surface area contributed by atoms with Crippen LogP contribution in [0.25, 0.3) is 90.9 Å². The molecule has 0 amide bonds. The first-order valence-corrected chi connectivity index (χ1v) is 26.7. The van der Waals surface area contributed by atoms with Crippen LogP contribution >= 0.6 is 0 Å². The Bertz CT molecular complexity index is 3290. The third-order valence-electron chi connectivity index (χ3n) is 15.0. The highest BCUT2D eigenvalue weighted by molar-refractivity contribution is 6.00. The van der Waals surface area contributed by atoms with Crippen molar-refractivity contribution in [2.45, 2.75) is 164 Å². The molecule has 0 aliphatic carbocycles. The Balaban J connectivity index is 1.53. The number of aromatic nitrogens is 4. The molecule has 5 heteroatoms. The van der Waals surface area contributed by atoms with E-state index in [0.717, 1.165) is 94.9 Å². The molecule has 0 fully saturated rings. The van der Waals surface area contributed by atoms with Crippen molar-refractivity contribution in [1.82, 2.24) is 19.9 Å². The molecule has 3 aromatic heterocycles. The van der Waals surface area contributed by atoms with Crippen LogP contribution in [0.15, 0.2) is 103 Å². The molecule has 74 heavy (non-hydrogen) atoms. The fourth-order valence-corrected chi connectivity index (χ4v) is 10.1. The number of fused-ring (bicyclic) bond motifs is 8. The maximum atomic E-state index is 10.2. The Morgan fingerprint density at radius 2 is 0.568 bits per heavy atom. The van der Waals surface area contributed by atoms with E-state index in [1.165, 1.54) is 33.4 Å². The van der Waals surface area contributed by atoms with Crippen LogP contribution in [0.4, 0.5) is 0 Å². The quantitative estimate of drug-likeness (QED) is 0.161. The summed E-state index contributed by atoms with van der Waals surface area (Å²) in [5.74, 6) is 0. The van der Waals surface area contributed by atoms with Crippen molar-refractivity contribution < 1.29 is 5.11 Å². The smallest absolute Gasteiger partial charge is 0.0738 e. The zero-order valence-electron chi connectivity index (χ0n) is 47.7. The van der Waals surface area contributed by atoms with Crippen molar-refractivity contribution >= 4 is 46.4 Å². The summed E-state index contributed by atoms with van der Waals surface area (Å²) in [5.41, 5.74) is 23.8. The second-order valence-electron chi connectivity index (χ2n) is 27.3. The minimum atomic E-state index is -0.101. The van der Waals surface area contributed by atoms with Gasteiger partial charge in [0.15, 0.2) is 0 Å². The number of H-pyrrole nitrogens is 2. The number of nitrogens with zero attached hydrogens (tertiary/aromatic N) is 2. The molecule has 5 nitrogen and oxygen atoms in total. The van der Waals surface area contributed by atoms with Gasteiger partial charge < -0.3 is 15.1 Å². The highest BCUT2D eigenvalue weighted by Crippen LogP contribution is 2.44.